The molecule has 2 unspecified atom stereocenters. The Kier molecular flexibility index (Phi) is 2.98. The fraction of sp³-hybridized carbons (Fsp3) is 1.00. The lowest BCUT2D eigenvalue weighted by molar-refractivity contribution is 0.111. The Balaban J connectivity index is 1.65. The molecule has 1 N–H and O–H groups in total. The number of nitrogens with zero attached hydrogens (tertiary/aromatic N) is 1. The molecule has 15 heavy (non-hydrogen) atoms. The van der Waals surface area contributed by atoms with E-state index in [1.165, 1.54) is 64.6 Å². The van der Waals surface area contributed by atoms with Gasteiger partial charge in [-0.05, 0) is 57.7 Å². The van der Waals surface area contributed by atoms with Crippen molar-refractivity contribution in [1.82, 2.24) is 10.2 Å². The van der Waals surface area contributed by atoms with E-state index in [0.29, 0.717) is 0 Å². The second-order valence-corrected chi connectivity index (χ2v) is 5.62. The molecule has 3 aliphatic rings. The highest BCUT2D eigenvalue weighted by Crippen LogP contribution is 2.38. The summed E-state index contributed by atoms with van der Waals surface area (Å²) in [5.41, 5.74) is 0. The minimum Gasteiger partial charge on any atom is -0.317 e. The summed E-state index contributed by atoms with van der Waals surface area (Å²) in [4.78, 5) is 2.88. The molecule has 0 radical (unpaired) electrons. The van der Waals surface area contributed by atoms with Crippen LogP contribution >= 0.6 is 0 Å². The first-order valence-electron chi connectivity index (χ1n) is 6.91. The van der Waals surface area contributed by atoms with Crippen LogP contribution in [0.2, 0.25) is 0 Å². The number of piperidine rings is 1. The van der Waals surface area contributed by atoms with Gasteiger partial charge in [-0.3, -0.25) is 4.90 Å². The number of fused-ring (bicyclic) bond motifs is 1. The largest absolute Gasteiger partial charge is 0.317 e. The summed E-state index contributed by atoms with van der Waals surface area (Å²) in [6.45, 7) is 3.90. The van der Waals surface area contributed by atoms with Crippen molar-refractivity contribution in [2.45, 2.75) is 57.0 Å². The first-order chi connectivity index (χ1) is 7.45. The molecular weight excluding hydrogens is 184 g/mol. The van der Waals surface area contributed by atoms with E-state index >= 15 is 0 Å². The summed E-state index contributed by atoms with van der Waals surface area (Å²) in [5, 5.41) is 3.48. The van der Waals surface area contributed by atoms with Crippen molar-refractivity contribution in [2.24, 2.45) is 5.92 Å². The Hall–Kier alpha value is -0.0800. The lowest BCUT2D eigenvalue weighted by atomic mass is 9.84. The van der Waals surface area contributed by atoms with Gasteiger partial charge >= 0.3 is 0 Å². The van der Waals surface area contributed by atoms with Crippen molar-refractivity contribution in [3.05, 3.63) is 0 Å². The molecule has 2 heterocycles. The van der Waals surface area contributed by atoms with E-state index in [1.807, 2.05) is 0 Å². The van der Waals surface area contributed by atoms with Crippen LogP contribution in [0.1, 0.15) is 44.9 Å². The van der Waals surface area contributed by atoms with Crippen molar-refractivity contribution < 1.29 is 0 Å². The van der Waals surface area contributed by atoms with Crippen LogP contribution in [-0.2, 0) is 0 Å². The Morgan fingerprint density at radius 2 is 1.67 bits per heavy atom. The second-order valence-electron chi connectivity index (χ2n) is 5.62. The summed E-state index contributed by atoms with van der Waals surface area (Å²) < 4.78 is 0. The second kappa shape index (κ2) is 4.42. The fourth-order valence-corrected chi connectivity index (χ4v) is 4.03. The quantitative estimate of drug-likeness (QED) is 0.709. The molecule has 1 aliphatic carbocycles. The number of hydrogen-bond acceptors (Lipinski definition) is 2. The standard InChI is InChI=1S/C13H24N2/c1-2-4-13-11(3-1)7-10-15(13)12-5-8-14-9-6-12/h11-14H,1-10H2. The number of likely N-dealkylation sites (tertiary alicyclic amines) is 1. The molecule has 1 saturated carbocycles. The number of hydrogen-bond donors (Lipinski definition) is 1. The van der Waals surface area contributed by atoms with Crippen molar-refractivity contribution in [3.8, 4) is 0 Å². The average Bonchev–Trinajstić information content (AvgIpc) is 2.74. The Labute approximate surface area is 93.4 Å². The third-order valence-electron chi connectivity index (χ3n) is 4.83. The van der Waals surface area contributed by atoms with Crippen LogP contribution in [0.15, 0.2) is 0 Å². The SMILES string of the molecule is C1CCC2C(C1)CCN2C1CCNCC1. The normalized spacial score (nSPS) is 39.2. The van der Waals surface area contributed by atoms with Gasteiger partial charge in [-0.1, -0.05) is 12.8 Å². The van der Waals surface area contributed by atoms with Crippen LogP contribution in [0.4, 0.5) is 0 Å². The Morgan fingerprint density at radius 1 is 0.867 bits per heavy atom. The van der Waals surface area contributed by atoms with Crippen LogP contribution in [-0.4, -0.2) is 36.6 Å². The highest BCUT2D eigenvalue weighted by Gasteiger charge is 2.38. The maximum absolute atomic E-state index is 3.48. The molecule has 0 bridgehead atoms. The summed E-state index contributed by atoms with van der Waals surface area (Å²) in [6.07, 6.45) is 10.3. The van der Waals surface area contributed by atoms with Gasteiger partial charge in [0, 0.05) is 12.1 Å². The van der Waals surface area contributed by atoms with E-state index in [9.17, 15) is 0 Å². The molecule has 2 saturated heterocycles. The van der Waals surface area contributed by atoms with Crippen molar-refractivity contribution in [3.63, 3.8) is 0 Å². The zero-order valence-electron chi connectivity index (χ0n) is 9.75. The van der Waals surface area contributed by atoms with E-state index < -0.39 is 0 Å². The molecule has 2 heteroatoms. The van der Waals surface area contributed by atoms with Gasteiger partial charge in [0.1, 0.15) is 0 Å². The third kappa shape index (κ3) is 1.94. The Bertz CT molecular complexity index is 211. The van der Waals surface area contributed by atoms with Gasteiger partial charge in [0.25, 0.3) is 0 Å². The number of rotatable bonds is 1. The van der Waals surface area contributed by atoms with Gasteiger partial charge < -0.3 is 5.32 Å². The molecule has 0 spiro atoms. The Morgan fingerprint density at radius 3 is 2.53 bits per heavy atom. The summed E-state index contributed by atoms with van der Waals surface area (Å²) in [6, 6.07) is 1.89. The maximum Gasteiger partial charge on any atom is 0.0127 e. The lowest BCUT2D eigenvalue weighted by Crippen LogP contribution is -2.46. The minimum absolute atomic E-state index is 0.916. The molecule has 0 aromatic heterocycles. The topological polar surface area (TPSA) is 15.3 Å². The number of nitrogens with one attached hydrogen (secondary N) is 1. The first kappa shape index (κ1) is 10.1. The summed E-state index contributed by atoms with van der Waals surface area (Å²) in [5.74, 6) is 1.06. The molecule has 0 amide bonds. The van der Waals surface area contributed by atoms with Gasteiger partial charge in [0.05, 0.1) is 0 Å². The zero-order valence-corrected chi connectivity index (χ0v) is 9.75. The predicted molar refractivity (Wildman–Crippen MR) is 63.0 cm³/mol. The molecule has 2 nitrogen and oxygen atoms in total. The molecule has 3 fully saturated rings. The van der Waals surface area contributed by atoms with E-state index in [0.717, 1.165) is 18.0 Å². The zero-order chi connectivity index (χ0) is 10.1. The molecule has 2 aliphatic heterocycles. The first-order valence-corrected chi connectivity index (χ1v) is 6.91. The molecular formula is C13H24N2. The van der Waals surface area contributed by atoms with Gasteiger partial charge in [-0.2, -0.15) is 0 Å². The van der Waals surface area contributed by atoms with Gasteiger partial charge in [-0.15, -0.1) is 0 Å². The van der Waals surface area contributed by atoms with E-state index in [2.05, 4.69) is 10.2 Å². The fourth-order valence-electron chi connectivity index (χ4n) is 4.03. The molecule has 86 valence electrons. The van der Waals surface area contributed by atoms with E-state index in [1.54, 1.807) is 0 Å². The molecule has 0 aromatic carbocycles. The van der Waals surface area contributed by atoms with Crippen LogP contribution < -0.4 is 5.32 Å². The van der Waals surface area contributed by atoms with Crippen molar-refractivity contribution >= 4 is 0 Å². The molecule has 3 rings (SSSR count). The monoisotopic (exact) mass is 208 g/mol. The summed E-state index contributed by atoms with van der Waals surface area (Å²) >= 11 is 0. The maximum atomic E-state index is 3.48. The summed E-state index contributed by atoms with van der Waals surface area (Å²) in [7, 11) is 0. The van der Waals surface area contributed by atoms with Crippen molar-refractivity contribution in [1.29, 1.82) is 0 Å². The van der Waals surface area contributed by atoms with Gasteiger partial charge in [0.2, 0.25) is 0 Å². The third-order valence-corrected chi connectivity index (χ3v) is 4.83. The van der Waals surface area contributed by atoms with Crippen LogP contribution in [0.25, 0.3) is 0 Å². The van der Waals surface area contributed by atoms with Crippen LogP contribution in [0.3, 0.4) is 0 Å². The predicted octanol–water partition coefficient (Wildman–Crippen LogP) is 2.00. The molecule has 0 aromatic rings. The molecule has 2 atom stereocenters. The van der Waals surface area contributed by atoms with E-state index in [-0.39, 0.29) is 0 Å². The highest BCUT2D eigenvalue weighted by atomic mass is 15.2. The minimum atomic E-state index is 0.916. The van der Waals surface area contributed by atoms with Crippen LogP contribution in [0, 0.1) is 5.92 Å². The van der Waals surface area contributed by atoms with Gasteiger partial charge in [-0.25, -0.2) is 0 Å². The average molecular weight is 208 g/mol. The van der Waals surface area contributed by atoms with E-state index in [4.69, 9.17) is 0 Å². The lowest BCUT2D eigenvalue weighted by Gasteiger charge is -2.39. The van der Waals surface area contributed by atoms with Crippen molar-refractivity contribution in [2.75, 3.05) is 19.6 Å². The smallest absolute Gasteiger partial charge is 0.0127 e. The van der Waals surface area contributed by atoms with Crippen LogP contribution in [0.5, 0.6) is 0 Å². The highest BCUT2D eigenvalue weighted by molar-refractivity contribution is 4.93. The van der Waals surface area contributed by atoms with Gasteiger partial charge in [0.15, 0.2) is 0 Å².